The molecule has 0 aromatic heterocycles. The Kier molecular flexibility index (Phi) is 4.25. The van der Waals surface area contributed by atoms with E-state index in [2.05, 4.69) is 10.0 Å². The molecule has 0 saturated heterocycles. The van der Waals surface area contributed by atoms with E-state index in [-0.39, 0.29) is 16.1 Å². The smallest absolute Gasteiger partial charge is 0.262 e. The second kappa shape index (κ2) is 6.96. The van der Waals surface area contributed by atoms with Crippen LogP contribution in [0.5, 0.6) is 23.0 Å². The van der Waals surface area contributed by atoms with E-state index in [4.69, 9.17) is 14.2 Å². The van der Waals surface area contributed by atoms with Crippen molar-refractivity contribution in [3.05, 3.63) is 66.2 Å². The molecule has 5 rings (SSSR count). The van der Waals surface area contributed by atoms with Gasteiger partial charge in [-0.25, -0.2) is 8.42 Å². The number of carbonyl (C=O) groups is 1. The van der Waals surface area contributed by atoms with E-state index in [1.54, 1.807) is 36.4 Å². The number of hydrogen-bond acceptors (Lipinski definition) is 6. The van der Waals surface area contributed by atoms with Gasteiger partial charge in [0.1, 0.15) is 19.0 Å². The molecule has 2 N–H and O–H groups in total. The van der Waals surface area contributed by atoms with Crippen LogP contribution in [0, 0.1) is 0 Å². The minimum Gasteiger partial charge on any atom is -0.486 e. The van der Waals surface area contributed by atoms with Gasteiger partial charge in [-0.2, -0.15) is 0 Å². The number of fused-ring (bicyclic) bond motifs is 3. The first-order valence-electron chi connectivity index (χ1n) is 9.14. The van der Waals surface area contributed by atoms with Gasteiger partial charge >= 0.3 is 0 Å². The summed E-state index contributed by atoms with van der Waals surface area (Å²) in [6, 6.07) is 16.0. The van der Waals surface area contributed by atoms with Gasteiger partial charge in [-0.05, 0) is 42.5 Å². The van der Waals surface area contributed by atoms with Crippen molar-refractivity contribution in [1.82, 2.24) is 0 Å². The highest BCUT2D eigenvalue weighted by Gasteiger charge is 2.23. The molecule has 0 spiro atoms. The van der Waals surface area contributed by atoms with E-state index >= 15 is 0 Å². The molecule has 0 atom stereocenters. The topological polar surface area (TPSA) is 103 Å². The fourth-order valence-corrected chi connectivity index (χ4v) is 4.30. The van der Waals surface area contributed by atoms with Gasteiger partial charge in [0.2, 0.25) is 0 Å². The predicted molar refractivity (Wildman–Crippen MR) is 109 cm³/mol. The maximum Gasteiger partial charge on any atom is 0.262 e. The molecular formula is C21H16N2O6S. The van der Waals surface area contributed by atoms with E-state index in [0.717, 1.165) is 0 Å². The van der Waals surface area contributed by atoms with Crippen LogP contribution in [-0.4, -0.2) is 27.5 Å². The van der Waals surface area contributed by atoms with Crippen molar-refractivity contribution in [2.45, 2.75) is 4.90 Å². The lowest BCUT2D eigenvalue weighted by molar-refractivity contribution is 0.102. The summed E-state index contributed by atoms with van der Waals surface area (Å²) in [7, 11) is -3.91. The van der Waals surface area contributed by atoms with Crippen molar-refractivity contribution < 1.29 is 27.4 Å². The van der Waals surface area contributed by atoms with Crippen molar-refractivity contribution >= 4 is 27.3 Å². The Morgan fingerprint density at radius 3 is 2.47 bits per heavy atom. The van der Waals surface area contributed by atoms with Gasteiger partial charge in [-0.3, -0.25) is 9.52 Å². The summed E-state index contributed by atoms with van der Waals surface area (Å²) >= 11 is 0. The number of carbonyl (C=O) groups excluding carboxylic acids is 1. The minimum atomic E-state index is -3.91. The van der Waals surface area contributed by atoms with Gasteiger partial charge in [0.15, 0.2) is 17.2 Å². The normalized spacial score (nSPS) is 14.5. The maximum atomic E-state index is 12.8. The summed E-state index contributed by atoms with van der Waals surface area (Å²) < 4.78 is 44.9. The number of para-hydroxylation sites is 2. The number of benzene rings is 3. The second-order valence-corrected chi connectivity index (χ2v) is 8.36. The molecule has 1 amide bonds. The highest BCUT2D eigenvalue weighted by Crippen LogP contribution is 2.37. The highest BCUT2D eigenvalue weighted by atomic mass is 32.2. The number of hydrogen-bond donors (Lipinski definition) is 2. The SMILES string of the molecule is O=C1Nc2ccccc2Oc2ccc(NS(=O)(=O)c3ccc4c(c3)OCCO4)cc21. The molecule has 2 heterocycles. The summed E-state index contributed by atoms with van der Waals surface area (Å²) in [6.45, 7) is 0.771. The number of anilines is 2. The van der Waals surface area contributed by atoms with Gasteiger partial charge in [-0.1, -0.05) is 12.1 Å². The third-order valence-electron chi connectivity index (χ3n) is 4.66. The largest absolute Gasteiger partial charge is 0.486 e. The van der Waals surface area contributed by atoms with E-state index < -0.39 is 15.9 Å². The quantitative estimate of drug-likeness (QED) is 0.666. The lowest BCUT2D eigenvalue weighted by Crippen LogP contribution is -2.17. The zero-order chi connectivity index (χ0) is 20.7. The Morgan fingerprint density at radius 2 is 1.60 bits per heavy atom. The molecule has 2 aliphatic rings. The van der Waals surface area contributed by atoms with Crippen LogP contribution in [0.1, 0.15) is 10.4 Å². The molecule has 0 fully saturated rings. The molecular weight excluding hydrogens is 408 g/mol. The summed E-state index contributed by atoms with van der Waals surface area (Å²) in [6.07, 6.45) is 0. The van der Waals surface area contributed by atoms with E-state index in [1.807, 2.05) is 0 Å². The maximum absolute atomic E-state index is 12.8. The van der Waals surface area contributed by atoms with Crippen molar-refractivity contribution in [2.75, 3.05) is 23.3 Å². The molecule has 3 aromatic rings. The predicted octanol–water partition coefficient (Wildman–Crippen LogP) is 3.62. The Labute approximate surface area is 172 Å². The van der Waals surface area contributed by atoms with Gasteiger partial charge < -0.3 is 19.5 Å². The van der Waals surface area contributed by atoms with Crippen molar-refractivity contribution in [1.29, 1.82) is 0 Å². The Hall–Kier alpha value is -3.72. The average Bonchev–Trinajstić information content (AvgIpc) is 2.89. The summed E-state index contributed by atoms with van der Waals surface area (Å²) in [5, 5.41) is 2.76. The fraction of sp³-hybridized carbons (Fsp3) is 0.0952. The number of rotatable bonds is 3. The third-order valence-corrected chi connectivity index (χ3v) is 6.03. The minimum absolute atomic E-state index is 0.0230. The molecule has 0 bridgehead atoms. The molecule has 30 heavy (non-hydrogen) atoms. The second-order valence-electron chi connectivity index (χ2n) is 6.67. The van der Waals surface area contributed by atoms with Crippen LogP contribution in [0.2, 0.25) is 0 Å². The fourth-order valence-electron chi connectivity index (χ4n) is 3.23. The zero-order valence-corrected chi connectivity index (χ0v) is 16.4. The van der Waals surface area contributed by atoms with Gasteiger partial charge in [0, 0.05) is 11.8 Å². The number of ether oxygens (including phenoxy) is 3. The van der Waals surface area contributed by atoms with Crippen LogP contribution in [0.3, 0.4) is 0 Å². The van der Waals surface area contributed by atoms with Crippen LogP contribution < -0.4 is 24.2 Å². The van der Waals surface area contributed by atoms with E-state index in [0.29, 0.717) is 41.9 Å². The van der Waals surface area contributed by atoms with Crippen LogP contribution in [0.25, 0.3) is 0 Å². The van der Waals surface area contributed by atoms with Crippen LogP contribution in [0.4, 0.5) is 11.4 Å². The number of nitrogens with one attached hydrogen (secondary N) is 2. The Bertz CT molecular complexity index is 1270. The average molecular weight is 424 g/mol. The standard InChI is InChI=1S/C21H16N2O6S/c24-21-15-11-13(5-7-17(15)29-18-4-2-1-3-16(18)22-21)23-30(25,26)14-6-8-19-20(12-14)28-10-9-27-19/h1-8,11-12,23H,9-10H2,(H,22,24). The monoisotopic (exact) mass is 424 g/mol. The summed E-state index contributed by atoms with van der Waals surface area (Å²) in [4.78, 5) is 12.6. The number of sulfonamides is 1. The molecule has 9 heteroatoms. The first-order valence-corrected chi connectivity index (χ1v) is 10.6. The van der Waals surface area contributed by atoms with Gasteiger partial charge in [0.05, 0.1) is 16.1 Å². The first-order chi connectivity index (χ1) is 14.5. The molecule has 0 unspecified atom stereocenters. The van der Waals surface area contributed by atoms with E-state index in [1.165, 1.54) is 24.3 Å². The molecule has 0 radical (unpaired) electrons. The van der Waals surface area contributed by atoms with Crippen molar-refractivity contribution in [3.8, 4) is 23.0 Å². The Balaban J connectivity index is 1.45. The molecule has 152 valence electrons. The van der Waals surface area contributed by atoms with Crippen molar-refractivity contribution in [2.24, 2.45) is 0 Å². The first kappa shape index (κ1) is 18.3. The lowest BCUT2D eigenvalue weighted by atomic mass is 10.1. The van der Waals surface area contributed by atoms with Crippen LogP contribution >= 0.6 is 0 Å². The molecule has 2 aliphatic heterocycles. The molecule has 8 nitrogen and oxygen atoms in total. The van der Waals surface area contributed by atoms with Crippen molar-refractivity contribution in [3.63, 3.8) is 0 Å². The van der Waals surface area contributed by atoms with Crippen LogP contribution in [-0.2, 0) is 10.0 Å². The van der Waals surface area contributed by atoms with Gasteiger partial charge in [-0.15, -0.1) is 0 Å². The van der Waals surface area contributed by atoms with Crippen LogP contribution in [0.15, 0.2) is 65.6 Å². The van der Waals surface area contributed by atoms with E-state index in [9.17, 15) is 13.2 Å². The summed E-state index contributed by atoms with van der Waals surface area (Å²) in [5.41, 5.74) is 0.985. The molecule has 0 saturated carbocycles. The molecule has 0 aliphatic carbocycles. The molecule has 3 aromatic carbocycles. The third kappa shape index (κ3) is 3.29. The zero-order valence-electron chi connectivity index (χ0n) is 15.5. The number of amides is 1. The highest BCUT2D eigenvalue weighted by molar-refractivity contribution is 7.92. The van der Waals surface area contributed by atoms with Gasteiger partial charge in [0.25, 0.3) is 15.9 Å². The summed E-state index contributed by atoms with van der Waals surface area (Å²) in [5.74, 6) is 1.32. The lowest BCUT2D eigenvalue weighted by Gasteiger charge is -2.19. The Morgan fingerprint density at radius 1 is 0.833 bits per heavy atom.